The van der Waals surface area contributed by atoms with E-state index in [1.165, 1.54) is 32.1 Å². The molecule has 7 aliphatic rings. The van der Waals surface area contributed by atoms with E-state index in [9.17, 15) is 9.90 Å². The molecule has 3 heteroatoms. The summed E-state index contributed by atoms with van der Waals surface area (Å²) in [7, 11) is 0. The molecule has 0 spiro atoms. The van der Waals surface area contributed by atoms with Gasteiger partial charge in [-0.15, -0.1) is 0 Å². The first-order valence-electron chi connectivity index (χ1n) is 10.5. The Balaban J connectivity index is 1.42. The minimum absolute atomic E-state index is 0.00581. The molecule has 7 saturated carbocycles. The first-order chi connectivity index (χ1) is 11.7. The fourth-order valence-corrected chi connectivity index (χ4v) is 10.7. The predicted octanol–water partition coefficient (Wildman–Crippen LogP) is 2.72. The molecule has 7 rings (SSSR count). The third kappa shape index (κ3) is 1.20. The standard InChI is InChI=1S/C21H28O3/c1-7(22)24-21-14-9-4-2-3-8(9)13-17(14)18-15(21)10-5-6-11-12(10)16(18)19(13)20(11)23/h8-21,23H,2-6H2,1H3/t8-,9+,10+,11+,12-,13-,14+,15+,16+,17-,18-,19-,20+,21+/m0/s1. The molecule has 0 aromatic carbocycles. The van der Waals surface area contributed by atoms with Gasteiger partial charge in [-0.1, -0.05) is 6.42 Å². The fraction of sp³-hybridized carbons (Fsp3) is 0.952. The Morgan fingerprint density at radius 1 is 0.750 bits per heavy atom. The molecule has 7 fully saturated rings. The second kappa shape index (κ2) is 4.05. The smallest absolute Gasteiger partial charge is 0.302 e. The van der Waals surface area contributed by atoms with Gasteiger partial charge in [0, 0.05) is 18.8 Å². The van der Waals surface area contributed by atoms with Crippen LogP contribution in [0.3, 0.4) is 0 Å². The van der Waals surface area contributed by atoms with Gasteiger partial charge in [-0.2, -0.15) is 0 Å². The molecule has 0 amide bonds. The number of carbonyl (C=O) groups excluding carboxylic acids is 1. The molecule has 14 atom stereocenters. The van der Waals surface area contributed by atoms with E-state index >= 15 is 0 Å². The molecule has 0 aliphatic heterocycles. The number of aliphatic hydroxyl groups is 1. The van der Waals surface area contributed by atoms with Crippen LogP contribution in [0, 0.1) is 71.0 Å². The molecule has 0 bridgehead atoms. The van der Waals surface area contributed by atoms with E-state index in [1.54, 1.807) is 6.92 Å². The maximum atomic E-state index is 11.9. The summed E-state index contributed by atoms with van der Waals surface area (Å²) in [6, 6.07) is 0. The van der Waals surface area contributed by atoms with E-state index in [4.69, 9.17) is 4.74 Å². The second-order valence-corrected chi connectivity index (χ2v) is 10.3. The summed E-state index contributed by atoms with van der Waals surface area (Å²) in [5, 5.41) is 11.2. The summed E-state index contributed by atoms with van der Waals surface area (Å²) in [6.07, 6.45) is 6.82. The third-order valence-electron chi connectivity index (χ3n) is 10.4. The minimum atomic E-state index is -0.0545. The summed E-state index contributed by atoms with van der Waals surface area (Å²) in [5.74, 6) is 8.67. The van der Waals surface area contributed by atoms with Gasteiger partial charge in [-0.25, -0.2) is 0 Å². The van der Waals surface area contributed by atoms with Crippen molar-refractivity contribution in [3.05, 3.63) is 0 Å². The van der Waals surface area contributed by atoms with Crippen molar-refractivity contribution in [3.63, 3.8) is 0 Å². The lowest BCUT2D eigenvalue weighted by Gasteiger charge is -2.31. The van der Waals surface area contributed by atoms with Crippen LogP contribution in [-0.4, -0.2) is 23.3 Å². The highest BCUT2D eigenvalue weighted by Gasteiger charge is 2.81. The third-order valence-corrected chi connectivity index (χ3v) is 10.4. The van der Waals surface area contributed by atoms with Crippen molar-refractivity contribution < 1.29 is 14.6 Å². The van der Waals surface area contributed by atoms with Crippen LogP contribution < -0.4 is 0 Å². The van der Waals surface area contributed by atoms with Crippen LogP contribution in [0.4, 0.5) is 0 Å². The van der Waals surface area contributed by atoms with Gasteiger partial charge >= 0.3 is 5.97 Å². The van der Waals surface area contributed by atoms with E-state index in [0.717, 1.165) is 47.3 Å². The zero-order valence-corrected chi connectivity index (χ0v) is 14.4. The first-order valence-corrected chi connectivity index (χ1v) is 10.5. The lowest BCUT2D eigenvalue weighted by molar-refractivity contribution is -0.152. The Morgan fingerprint density at radius 3 is 2.17 bits per heavy atom. The summed E-state index contributed by atoms with van der Waals surface area (Å²) in [5.41, 5.74) is 0. The summed E-state index contributed by atoms with van der Waals surface area (Å²) in [4.78, 5) is 11.9. The normalized spacial score (nSPS) is 69.4. The van der Waals surface area contributed by atoms with Crippen LogP contribution in [0.5, 0.6) is 0 Å². The number of fused-ring (bicyclic) bond motifs is 5. The molecule has 24 heavy (non-hydrogen) atoms. The topological polar surface area (TPSA) is 46.5 Å². The predicted molar refractivity (Wildman–Crippen MR) is 86.5 cm³/mol. The number of carbonyl (C=O) groups is 1. The molecule has 0 unspecified atom stereocenters. The Labute approximate surface area is 143 Å². The Hall–Kier alpha value is -0.570. The van der Waals surface area contributed by atoms with E-state index in [-0.39, 0.29) is 18.2 Å². The van der Waals surface area contributed by atoms with Gasteiger partial charge in [0.2, 0.25) is 0 Å². The number of esters is 1. The van der Waals surface area contributed by atoms with Gasteiger partial charge in [-0.05, 0) is 84.9 Å². The number of hydrogen-bond donors (Lipinski definition) is 1. The van der Waals surface area contributed by atoms with Crippen LogP contribution in [0.15, 0.2) is 0 Å². The van der Waals surface area contributed by atoms with Crippen LogP contribution >= 0.6 is 0 Å². The summed E-state index contributed by atoms with van der Waals surface area (Å²) >= 11 is 0. The molecular formula is C21H28O3. The molecule has 1 N–H and O–H groups in total. The molecule has 0 aromatic heterocycles. The van der Waals surface area contributed by atoms with Gasteiger partial charge in [0.25, 0.3) is 0 Å². The lowest BCUT2D eigenvalue weighted by Crippen LogP contribution is -2.35. The molecule has 0 radical (unpaired) electrons. The van der Waals surface area contributed by atoms with Crippen LogP contribution in [0.1, 0.15) is 39.0 Å². The van der Waals surface area contributed by atoms with E-state index < -0.39 is 0 Å². The van der Waals surface area contributed by atoms with E-state index in [0.29, 0.717) is 23.7 Å². The SMILES string of the molecule is CC(=O)O[C@H]1[C@@H]2[C@@H]3CC[C@H]4[C@@H](O)[C@H]5[C@H]6[C@H]7CCC[C@H]7[C@@H]1[C@H]6[C@@H]2[C@H]5[C@@H]34. The zero-order valence-electron chi connectivity index (χ0n) is 14.4. The average Bonchev–Trinajstić information content (AvgIpc) is 3.27. The zero-order chi connectivity index (χ0) is 15.9. The quantitative estimate of drug-likeness (QED) is 0.753. The summed E-state index contributed by atoms with van der Waals surface area (Å²) < 4.78 is 6.10. The molecule has 0 heterocycles. The monoisotopic (exact) mass is 328 g/mol. The Morgan fingerprint density at radius 2 is 1.38 bits per heavy atom. The van der Waals surface area contributed by atoms with Crippen LogP contribution in [0.25, 0.3) is 0 Å². The largest absolute Gasteiger partial charge is 0.462 e. The highest BCUT2D eigenvalue weighted by Crippen LogP contribution is 2.82. The lowest BCUT2D eigenvalue weighted by atomic mass is 9.77. The summed E-state index contributed by atoms with van der Waals surface area (Å²) in [6.45, 7) is 1.62. The number of aliphatic hydroxyl groups excluding tert-OH is 1. The van der Waals surface area contributed by atoms with Gasteiger partial charge in [0.1, 0.15) is 6.10 Å². The first kappa shape index (κ1) is 13.6. The highest BCUT2D eigenvalue weighted by molar-refractivity contribution is 5.66. The minimum Gasteiger partial charge on any atom is -0.462 e. The van der Waals surface area contributed by atoms with Crippen molar-refractivity contribution >= 4 is 5.97 Å². The van der Waals surface area contributed by atoms with Crippen molar-refractivity contribution in [1.82, 2.24) is 0 Å². The molecule has 7 aliphatic carbocycles. The number of rotatable bonds is 1. The van der Waals surface area contributed by atoms with E-state index in [1.807, 2.05) is 0 Å². The van der Waals surface area contributed by atoms with Crippen molar-refractivity contribution in [2.75, 3.05) is 0 Å². The molecule has 0 saturated heterocycles. The van der Waals surface area contributed by atoms with Crippen molar-refractivity contribution in [2.45, 2.75) is 51.2 Å². The molecule has 3 nitrogen and oxygen atoms in total. The van der Waals surface area contributed by atoms with Crippen molar-refractivity contribution in [2.24, 2.45) is 71.0 Å². The average molecular weight is 328 g/mol. The number of hydrogen-bond acceptors (Lipinski definition) is 3. The molecular weight excluding hydrogens is 300 g/mol. The second-order valence-electron chi connectivity index (χ2n) is 10.3. The Bertz CT molecular complexity index is 625. The maximum absolute atomic E-state index is 11.9. The fourth-order valence-electron chi connectivity index (χ4n) is 10.7. The van der Waals surface area contributed by atoms with Crippen molar-refractivity contribution in [3.8, 4) is 0 Å². The maximum Gasteiger partial charge on any atom is 0.302 e. The number of ether oxygens (including phenoxy) is 1. The van der Waals surface area contributed by atoms with Gasteiger partial charge in [-0.3, -0.25) is 4.79 Å². The molecule has 130 valence electrons. The van der Waals surface area contributed by atoms with Crippen molar-refractivity contribution in [1.29, 1.82) is 0 Å². The highest BCUT2D eigenvalue weighted by atomic mass is 16.5. The Kier molecular flexibility index (Phi) is 2.30. The van der Waals surface area contributed by atoms with Gasteiger partial charge < -0.3 is 9.84 Å². The van der Waals surface area contributed by atoms with Crippen LogP contribution in [-0.2, 0) is 9.53 Å². The van der Waals surface area contributed by atoms with Crippen LogP contribution in [0.2, 0.25) is 0 Å². The van der Waals surface area contributed by atoms with E-state index in [2.05, 4.69) is 0 Å². The van der Waals surface area contributed by atoms with Gasteiger partial charge in [0.15, 0.2) is 0 Å². The molecule has 0 aromatic rings. The van der Waals surface area contributed by atoms with Gasteiger partial charge in [0.05, 0.1) is 6.10 Å².